The summed E-state index contributed by atoms with van der Waals surface area (Å²) >= 11 is 1.56. The average molecular weight is 345 g/mol. The van der Waals surface area contributed by atoms with Crippen molar-refractivity contribution in [2.75, 3.05) is 6.54 Å². The minimum absolute atomic E-state index is 0.0846. The molecule has 0 saturated carbocycles. The third-order valence-electron chi connectivity index (χ3n) is 3.74. The molecule has 124 valence electrons. The van der Waals surface area contributed by atoms with Gasteiger partial charge in [-0.05, 0) is 23.6 Å². The van der Waals surface area contributed by atoms with Crippen molar-refractivity contribution in [3.8, 4) is 0 Å². The summed E-state index contributed by atoms with van der Waals surface area (Å²) in [6, 6.07) is 9.97. The maximum atomic E-state index is 13.5. The van der Waals surface area contributed by atoms with Gasteiger partial charge in [0.2, 0.25) is 5.91 Å². The molecule has 3 rings (SSSR count). The molecule has 0 saturated heterocycles. The lowest BCUT2D eigenvalue weighted by Gasteiger charge is -2.08. The largest absolute Gasteiger partial charge is 0.350 e. The van der Waals surface area contributed by atoms with Crippen LogP contribution in [0.2, 0.25) is 0 Å². The second-order valence-electron chi connectivity index (χ2n) is 5.31. The van der Waals surface area contributed by atoms with Crippen molar-refractivity contribution in [3.05, 3.63) is 58.9 Å². The topological polar surface area (TPSA) is 63.1 Å². The number of amides is 2. The molecule has 0 unspecified atom stereocenters. The van der Waals surface area contributed by atoms with Crippen molar-refractivity contribution in [2.24, 2.45) is 7.05 Å². The summed E-state index contributed by atoms with van der Waals surface area (Å²) in [6.07, 6.45) is 0. The number of benzene rings is 1. The highest BCUT2D eigenvalue weighted by Gasteiger charge is 2.14. The molecule has 1 aromatic carbocycles. The summed E-state index contributed by atoms with van der Waals surface area (Å²) in [5.74, 6) is -1.06. The number of rotatable bonds is 5. The van der Waals surface area contributed by atoms with E-state index in [9.17, 15) is 14.0 Å². The van der Waals surface area contributed by atoms with E-state index < -0.39 is 0 Å². The molecule has 7 heteroatoms. The summed E-state index contributed by atoms with van der Waals surface area (Å²) in [5, 5.41) is 7.13. The second kappa shape index (κ2) is 6.84. The zero-order valence-corrected chi connectivity index (χ0v) is 13.8. The summed E-state index contributed by atoms with van der Waals surface area (Å²) < 4.78 is 16.3. The highest BCUT2D eigenvalue weighted by atomic mass is 32.1. The van der Waals surface area contributed by atoms with Gasteiger partial charge in [0, 0.05) is 19.2 Å². The van der Waals surface area contributed by atoms with Gasteiger partial charge in [-0.15, -0.1) is 11.3 Å². The number of nitrogens with one attached hydrogen (secondary N) is 2. The van der Waals surface area contributed by atoms with E-state index in [1.807, 2.05) is 18.5 Å². The molecule has 24 heavy (non-hydrogen) atoms. The zero-order valence-electron chi connectivity index (χ0n) is 13.0. The van der Waals surface area contributed by atoms with Crippen LogP contribution in [0.15, 0.2) is 41.8 Å². The predicted octanol–water partition coefficient (Wildman–Crippen LogP) is 2.43. The third-order valence-corrected chi connectivity index (χ3v) is 4.59. The maximum absolute atomic E-state index is 13.5. The van der Waals surface area contributed by atoms with E-state index >= 15 is 0 Å². The molecule has 0 atom stereocenters. The third kappa shape index (κ3) is 3.30. The van der Waals surface area contributed by atoms with Gasteiger partial charge in [-0.2, -0.15) is 0 Å². The number of hydrogen-bond donors (Lipinski definition) is 2. The van der Waals surface area contributed by atoms with Crippen molar-refractivity contribution in [1.82, 2.24) is 15.2 Å². The molecule has 0 aliphatic heterocycles. The van der Waals surface area contributed by atoms with Crippen molar-refractivity contribution in [2.45, 2.75) is 6.54 Å². The number of aromatic nitrogens is 1. The SMILES string of the molecule is Cn1c(C(=O)NCC(=O)NCc2ccccc2F)cc2sccc21. The number of halogens is 1. The van der Waals surface area contributed by atoms with E-state index in [1.54, 1.807) is 40.2 Å². The molecule has 0 aliphatic carbocycles. The quantitative estimate of drug-likeness (QED) is 0.746. The molecule has 0 fully saturated rings. The molecule has 2 N–H and O–H groups in total. The van der Waals surface area contributed by atoms with Crippen LogP contribution in [0.5, 0.6) is 0 Å². The Morgan fingerprint density at radius 2 is 2.00 bits per heavy atom. The van der Waals surface area contributed by atoms with E-state index in [1.165, 1.54) is 6.07 Å². The smallest absolute Gasteiger partial charge is 0.268 e. The maximum Gasteiger partial charge on any atom is 0.268 e. The van der Waals surface area contributed by atoms with Gasteiger partial charge in [0.05, 0.1) is 16.8 Å². The van der Waals surface area contributed by atoms with Crippen LogP contribution < -0.4 is 10.6 Å². The Bertz CT molecular complexity index is 900. The van der Waals surface area contributed by atoms with Gasteiger partial charge in [-0.25, -0.2) is 4.39 Å². The van der Waals surface area contributed by atoms with Crippen LogP contribution in [-0.4, -0.2) is 22.9 Å². The molecule has 0 radical (unpaired) electrons. The number of aryl methyl sites for hydroxylation is 1. The summed E-state index contributed by atoms with van der Waals surface area (Å²) in [6.45, 7) is -0.0760. The Kier molecular flexibility index (Phi) is 4.61. The highest BCUT2D eigenvalue weighted by Crippen LogP contribution is 2.23. The number of nitrogens with zero attached hydrogens (tertiary/aromatic N) is 1. The Hall–Kier alpha value is -2.67. The number of fused-ring (bicyclic) bond motifs is 1. The first-order valence-corrected chi connectivity index (χ1v) is 8.25. The molecule has 2 amide bonds. The van der Waals surface area contributed by atoms with Crippen molar-refractivity contribution in [1.29, 1.82) is 0 Å². The fourth-order valence-corrected chi connectivity index (χ4v) is 3.27. The first kappa shape index (κ1) is 16.2. The summed E-state index contributed by atoms with van der Waals surface area (Å²) in [5.41, 5.74) is 1.88. The Labute approximate surface area is 142 Å². The highest BCUT2D eigenvalue weighted by molar-refractivity contribution is 7.17. The van der Waals surface area contributed by atoms with Gasteiger partial charge in [0.15, 0.2) is 0 Å². The normalized spacial score (nSPS) is 10.8. The van der Waals surface area contributed by atoms with Crippen LogP contribution in [0.4, 0.5) is 4.39 Å². The molecule has 2 aromatic heterocycles. The van der Waals surface area contributed by atoms with Crippen molar-refractivity contribution in [3.63, 3.8) is 0 Å². The molecule has 2 heterocycles. The van der Waals surface area contributed by atoms with E-state index in [2.05, 4.69) is 10.6 Å². The first-order chi connectivity index (χ1) is 11.6. The Morgan fingerprint density at radius 1 is 1.21 bits per heavy atom. The van der Waals surface area contributed by atoms with Gasteiger partial charge >= 0.3 is 0 Å². The first-order valence-electron chi connectivity index (χ1n) is 7.37. The minimum Gasteiger partial charge on any atom is -0.350 e. The van der Waals surface area contributed by atoms with Gasteiger partial charge in [-0.3, -0.25) is 9.59 Å². The minimum atomic E-state index is -0.373. The number of carbonyl (C=O) groups is 2. The number of hydrogen-bond acceptors (Lipinski definition) is 3. The number of carbonyl (C=O) groups excluding carboxylic acids is 2. The van der Waals surface area contributed by atoms with Crippen LogP contribution in [0.3, 0.4) is 0 Å². The van der Waals surface area contributed by atoms with Crippen LogP contribution in [0.1, 0.15) is 16.1 Å². The van der Waals surface area contributed by atoms with Crippen LogP contribution in [0.25, 0.3) is 10.2 Å². The molecule has 0 aliphatic rings. The Balaban J connectivity index is 1.54. The lowest BCUT2D eigenvalue weighted by molar-refractivity contribution is -0.120. The standard InChI is InChI=1S/C17H16FN3O2S/c1-21-13-6-7-24-15(13)8-14(21)17(23)20-10-16(22)19-9-11-4-2-3-5-12(11)18/h2-8H,9-10H2,1H3,(H,19,22)(H,20,23). The number of thiophene rings is 1. The molecule has 0 spiro atoms. The molecule has 3 aromatic rings. The van der Waals surface area contributed by atoms with E-state index in [-0.39, 0.29) is 30.7 Å². The summed E-state index contributed by atoms with van der Waals surface area (Å²) in [4.78, 5) is 24.0. The lowest BCUT2D eigenvalue weighted by atomic mass is 10.2. The van der Waals surface area contributed by atoms with Crippen molar-refractivity contribution < 1.29 is 14.0 Å². The van der Waals surface area contributed by atoms with Crippen LogP contribution >= 0.6 is 11.3 Å². The monoisotopic (exact) mass is 345 g/mol. The van der Waals surface area contributed by atoms with Gasteiger partial charge in [0.1, 0.15) is 11.5 Å². The molecular weight excluding hydrogens is 329 g/mol. The van der Waals surface area contributed by atoms with Crippen LogP contribution in [0, 0.1) is 5.82 Å². The zero-order chi connectivity index (χ0) is 17.1. The van der Waals surface area contributed by atoms with E-state index in [0.29, 0.717) is 11.3 Å². The van der Waals surface area contributed by atoms with E-state index in [4.69, 9.17) is 0 Å². The van der Waals surface area contributed by atoms with Crippen molar-refractivity contribution >= 4 is 33.4 Å². The lowest BCUT2D eigenvalue weighted by Crippen LogP contribution is -2.37. The average Bonchev–Trinajstić information content (AvgIpc) is 3.15. The summed E-state index contributed by atoms with van der Waals surface area (Å²) in [7, 11) is 1.81. The fraction of sp³-hybridized carbons (Fsp3) is 0.176. The second-order valence-corrected chi connectivity index (χ2v) is 6.26. The molecule has 5 nitrogen and oxygen atoms in total. The van der Waals surface area contributed by atoms with Crippen LogP contribution in [-0.2, 0) is 18.4 Å². The fourth-order valence-electron chi connectivity index (χ4n) is 2.42. The Morgan fingerprint density at radius 3 is 2.75 bits per heavy atom. The van der Waals surface area contributed by atoms with Gasteiger partial charge < -0.3 is 15.2 Å². The molecule has 0 bridgehead atoms. The molecular formula is C17H16FN3O2S. The van der Waals surface area contributed by atoms with Gasteiger partial charge in [0.25, 0.3) is 5.91 Å². The predicted molar refractivity (Wildman–Crippen MR) is 91.4 cm³/mol. The van der Waals surface area contributed by atoms with E-state index in [0.717, 1.165) is 10.2 Å². The van der Waals surface area contributed by atoms with Gasteiger partial charge in [-0.1, -0.05) is 18.2 Å².